The molecule has 0 saturated carbocycles. The van der Waals surface area contributed by atoms with Gasteiger partial charge in [-0.1, -0.05) is 0 Å². The van der Waals surface area contributed by atoms with Crippen LogP contribution >= 0.6 is 0 Å². The smallest absolute Gasteiger partial charge is 0.244 e. The molecule has 0 bridgehead atoms. The van der Waals surface area contributed by atoms with E-state index in [0.717, 1.165) is 45.2 Å². The Bertz CT molecular complexity index is 408. The zero-order valence-electron chi connectivity index (χ0n) is 17.8. The summed E-state index contributed by atoms with van der Waals surface area (Å²) < 4.78 is 0. The molecule has 0 spiro atoms. The Balaban J connectivity index is 4.71. The summed E-state index contributed by atoms with van der Waals surface area (Å²) >= 11 is 0. The van der Waals surface area contributed by atoms with Crippen molar-refractivity contribution in [1.29, 1.82) is 0 Å². The van der Waals surface area contributed by atoms with Crippen LogP contribution in [0.2, 0.25) is 0 Å². The van der Waals surface area contributed by atoms with Gasteiger partial charge in [-0.05, 0) is 84.2 Å². The first kappa shape index (κ1) is 26.7. The topological polar surface area (TPSA) is 152 Å². The summed E-state index contributed by atoms with van der Waals surface area (Å²) in [6.07, 6.45) is 5.52. The van der Waals surface area contributed by atoms with Gasteiger partial charge in [0.15, 0.2) is 0 Å². The van der Waals surface area contributed by atoms with Crippen molar-refractivity contribution in [3.8, 4) is 0 Å². The van der Waals surface area contributed by atoms with E-state index in [4.69, 9.17) is 17.2 Å². The van der Waals surface area contributed by atoms with Gasteiger partial charge in [0.25, 0.3) is 0 Å². The summed E-state index contributed by atoms with van der Waals surface area (Å²) in [5.41, 5.74) is 16.6. The molecule has 0 aliphatic rings. The summed E-state index contributed by atoms with van der Waals surface area (Å²) in [7, 11) is 3.41. The molecule has 28 heavy (non-hydrogen) atoms. The zero-order chi connectivity index (χ0) is 21.2. The minimum Gasteiger partial charge on any atom is -0.347 e. The fraction of sp³-hybridized carbons (Fsp3) is 0.895. The second kappa shape index (κ2) is 17.8. The molecular weight excluding hydrogens is 358 g/mol. The summed E-state index contributed by atoms with van der Waals surface area (Å²) in [6, 6.07) is -0.856. The van der Waals surface area contributed by atoms with Crippen LogP contribution in [0.5, 0.6) is 0 Å². The first-order valence-electron chi connectivity index (χ1n) is 10.5. The number of nitrogens with zero attached hydrogens (tertiary/aromatic N) is 1. The van der Waals surface area contributed by atoms with Gasteiger partial charge in [-0.25, -0.2) is 0 Å². The van der Waals surface area contributed by atoms with E-state index in [1.807, 2.05) is 0 Å². The molecule has 0 rings (SSSR count). The van der Waals surface area contributed by atoms with E-state index in [1.165, 1.54) is 4.90 Å². The Kier molecular flexibility index (Phi) is 17.0. The van der Waals surface area contributed by atoms with Crippen molar-refractivity contribution in [1.82, 2.24) is 20.9 Å². The van der Waals surface area contributed by atoms with Gasteiger partial charge in [0.2, 0.25) is 11.8 Å². The summed E-state index contributed by atoms with van der Waals surface area (Å²) in [6.45, 7) is 4.21. The number of rotatable bonds is 18. The van der Waals surface area contributed by atoms with E-state index >= 15 is 0 Å². The first-order chi connectivity index (χ1) is 13.5. The molecule has 0 aliphatic heterocycles. The van der Waals surface area contributed by atoms with Crippen LogP contribution in [0.3, 0.4) is 0 Å². The van der Waals surface area contributed by atoms with E-state index < -0.39 is 6.04 Å². The minimum atomic E-state index is -0.518. The number of likely N-dealkylation sites (N-methyl/N-ethyl adjacent to an activating group) is 1. The van der Waals surface area contributed by atoms with Crippen molar-refractivity contribution in [3.05, 3.63) is 0 Å². The van der Waals surface area contributed by atoms with E-state index in [0.29, 0.717) is 39.0 Å². The van der Waals surface area contributed by atoms with Crippen LogP contribution in [0.1, 0.15) is 44.9 Å². The van der Waals surface area contributed by atoms with Gasteiger partial charge in [0.1, 0.15) is 6.04 Å². The van der Waals surface area contributed by atoms with Gasteiger partial charge in [-0.3, -0.25) is 9.59 Å². The van der Waals surface area contributed by atoms with E-state index in [-0.39, 0.29) is 17.9 Å². The lowest BCUT2D eigenvalue weighted by Crippen LogP contribution is -2.52. The zero-order valence-corrected chi connectivity index (χ0v) is 17.8. The van der Waals surface area contributed by atoms with Crippen LogP contribution in [0.25, 0.3) is 0 Å². The summed E-state index contributed by atoms with van der Waals surface area (Å²) in [4.78, 5) is 26.8. The molecule has 0 saturated heterocycles. The molecule has 166 valence electrons. The largest absolute Gasteiger partial charge is 0.347 e. The van der Waals surface area contributed by atoms with Crippen LogP contribution in [0.4, 0.5) is 0 Å². The minimum absolute atomic E-state index is 0.0884. The fourth-order valence-corrected chi connectivity index (χ4v) is 2.82. The molecular formula is C19H43N7O2. The SMILES string of the molecule is CN(C)C(=O)C(CCCCN)NC(=O)C(CCCNCCCN)NCCCN. The number of hydrogen-bond acceptors (Lipinski definition) is 7. The predicted molar refractivity (Wildman–Crippen MR) is 115 cm³/mol. The van der Waals surface area contributed by atoms with Crippen molar-refractivity contribution < 1.29 is 9.59 Å². The number of nitrogens with one attached hydrogen (secondary N) is 3. The Hall–Kier alpha value is -1.26. The van der Waals surface area contributed by atoms with Crippen molar-refractivity contribution in [3.63, 3.8) is 0 Å². The molecule has 0 aliphatic carbocycles. The maximum atomic E-state index is 12.8. The molecule has 0 aromatic heterocycles. The quantitative estimate of drug-likeness (QED) is 0.156. The van der Waals surface area contributed by atoms with Gasteiger partial charge in [-0.15, -0.1) is 0 Å². The van der Waals surface area contributed by atoms with Crippen LogP contribution in [0.15, 0.2) is 0 Å². The maximum absolute atomic E-state index is 12.8. The molecule has 2 unspecified atom stereocenters. The number of amides is 2. The molecule has 9 N–H and O–H groups in total. The van der Waals surface area contributed by atoms with Gasteiger partial charge >= 0.3 is 0 Å². The van der Waals surface area contributed by atoms with Gasteiger partial charge in [0.05, 0.1) is 6.04 Å². The Morgan fingerprint density at radius 2 is 1.36 bits per heavy atom. The lowest BCUT2D eigenvalue weighted by Gasteiger charge is -2.25. The molecule has 0 fully saturated rings. The van der Waals surface area contributed by atoms with Crippen molar-refractivity contribution >= 4 is 11.8 Å². The normalized spacial score (nSPS) is 13.2. The number of nitrogens with two attached hydrogens (primary N) is 3. The highest BCUT2D eigenvalue weighted by atomic mass is 16.2. The monoisotopic (exact) mass is 401 g/mol. The average Bonchev–Trinajstić information content (AvgIpc) is 2.67. The average molecular weight is 402 g/mol. The standard InChI is InChI=1S/C19H43N7O2/c1-26(2)19(28)17(8-3-4-10-20)25-18(27)16(24-15-7-12-22)9-5-13-23-14-6-11-21/h16-17,23-24H,3-15,20-22H2,1-2H3,(H,25,27). The molecule has 2 atom stereocenters. The van der Waals surface area contributed by atoms with Crippen LogP contribution < -0.4 is 33.2 Å². The van der Waals surface area contributed by atoms with E-state index in [2.05, 4.69) is 16.0 Å². The molecule has 0 aromatic rings. The number of carbonyl (C=O) groups excluding carboxylic acids is 2. The van der Waals surface area contributed by atoms with Crippen LogP contribution in [-0.2, 0) is 9.59 Å². The van der Waals surface area contributed by atoms with Crippen LogP contribution in [0, 0.1) is 0 Å². The van der Waals surface area contributed by atoms with Crippen LogP contribution in [-0.4, -0.2) is 82.2 Å². The highest BCUT2D eigenvalue weighted by Crippen LogP contribution is 2.06. The lowest BCUT2D eigenvalue weighted by molar-refractivity contribution is -0.135. The third-order valence-electron chi connectivity index (χ3n) is 4.49. The predicted octanol–water partition coefficient (Wildman–Crippen LogP) is -1.29. The Morgan fingerprint density at radius 1 is 0.786 bits per heavy atom. The lowest BCUT2D eigenvalue weighted by atomic mass is 10.1. The molecule has 0 heterocycles. The third-order valence-corrected chi connectivity index (χ3v) is 4.49. The molecule has 2 amide bonds. The van der Waals surface area contributed by atoms with E-state index in [9.17, 15) is 9.59 Å². The second-order valence-corrected chi connectivity index (χ2v) is 7.26. The molecule has 0 radical (unpaired) electrons. The highest BCUT2D eigenvalue weighted by Gasteiger charge is 2.25. The van der Waals surface area contributed by atoms with E-state index in [1.54, 1.807) is 14.1 Å². The maximum Gasteiger partial charge on any atom is 0.244 e. The number of unbranched alkanes of at least 4 members (excludes halogenated alkanes) is 1. The highest BCUT2D eigenvalue weighted by molar-refractivity contribution is 5.89. The summed E-state index contributed by atoms with van der Waals surface area (Å²) in [5.74, 6) is -0.221. The number of hydrogen-bond donors (Lipinski definition) is 6. The summed E-state index contributed by atoms with van der Waals surface area (Å²) in [5, 5.41) is 9.55. The molecule has 0 aromatic carbocycles. The molecule has 9 nitrogen and oxygen atoms in total. The Labute approximate surface area is 170 Å². The second-order valence-electron chi connectivity index (χ2n) is 7.26. The van der Waals surface area contributed by atoms with Crippen molar-refractivity contribution in [2.75, 3.05) is 53.4 Å². The fourth-order valence-electron chi connectivity index (χ4n) is 2.82. The van der Waals surface area contributed by atoms with Crippen molar-refractivity contribution in [2.45, 2.75) is 57.0 Å². The number of carbonyl (C=O) groups is 2. The van der Waals surface area contributed by atoms with Gasteiger partial charge in [-0.2, -0.15) is 0 Å². The van der Waals surface area contributed by atoms with Crippen molar-refractivity contribution in [2.24, 2.45) is 17.2 Å². The third kappa shape index (κ3) is 13.0. The molecule has 9 heteroatoms. The van der Waals surface area contributed by atoms with Gasteiger partial charge in [0, 0.05) is 14.1 Å². The Morgan fingerprint density at radius 3 is 1.96 bits per heavy atom. The van der Waals surface area contributed by atoms with Gasteiger partial charge < -0.3 is 38.1 Å². The first-order valence-corrected chi connectivity index (χ1v) is 10.5.